The number of nitrogens with one attached hydrogen (secondary N) is 1. The Kier molecular flexibility index (Phi) is 5.02. The summed E-state index contributed by atoms with van der Waals surface area (Å²) in [5, 5.41) is 10.2. The Labute approximate surface area is 178 Å². The highest BCUT2D eigenvalue weighted by atomic mass is 35.5. The van der Waals surface area contributed by atoms with E-state index in [1.165, 1.54) is 0 Å². The van der Waals surface area contributed by atoms with Crippen LogP contribution in [0.4, 0.5) is 0 Å². The van der Waals surface area contributed by atoms with Crippen molar-refractivity contribution in [3.63, 3.8) is 0 Å². The fourth-order valence-corrected chi connectivity index (χ4v) is 4.15. The number of fused-ring (bicyclic) bond motifs is 2. The standard InChI is InChI=1S/C21H22ClN3O5/c1-10-4-3-5-11(2)12(10)7-29-20-13(22)6-14-19(24-20)25-21(23-14)30-16-9-28-17-15(26)8-27-18(16)17/h3-6,15-18,26H,7-9H2,1-2H3,(H,23,24,25)/t15-,16-,17?,18-/m1/s1. The molecule has 1 unspecified atom stereocenters. The monoisotopic (exact) mass is 431 g/mol. The molecular formula is C21H22ClN3O5. The molecule has 2 aromatic heterocycles. The van der Waals surface area contributed by atoms with E-state index < -0.39 is 6.10 Å². The Morgan fingerprint density at radius 2 is 1.93 bits per heavy atom. The topological polar surface area (TPSA) is 98.7 Å². The number of imidazole rings is 1. The van der Waals surface area contributed by atoms with Crippen LogP contribution in [-0.4, -0.2) is 57.7 Å². The van der Waals surface area contributed by atoms with Gasteiger partial charge in [-0.2, -0.15) is 9.97 Å². The summed E-state index contributed by atoms with van der Waals surface area (Å²) in [6.07, 6.45) is -1.67. The minimum absolute atomic E-state index is 0.244. The molecule has 0 bridgehead atoms. The zero-order valence-electron chi connectivity index (χ0n) is 16.6. The molecule has 8 nitrogen and oxygen atoms in total. The molecule has 4 atom stereocenters. The van der Waals surface area contributed by atoms with Crippen molar-refractivity contribution < 1.29 is 24.1 Å². The first-order valence-corrected chi connectivity index (χ1v) is 10.2. The van der Waals surface area contributed by atoms with Crippen LogP contribution in [0.3, 0.4) is 0 Å². The van der Waals surface area contributed by atoms with Crippen molar-refractivity contribution >= 4 is 22.8 Å². The van der Waals surface area contributed by atoms with E-state index in [1.54, 1.807) is 6.07 Å². The van der Waals surface area contributed by atoms with E-state index in [0.29, 0.717) is 41.3 Å². The third-order valence-corrected chi connectivity index (χ3v) is 5.89. The number of aromatic nitrogens is 3. The first-order valence-electron chi connectivity index (χ1n) is 9.81. The largest absolute Gasteiger partial charge is 0.472 e. The van der Waals surface area contributed by atoms with Crippen molar-refractivity contribution in [3.05, 3.63) is 46.0 Å². The van der Waals surface area contributed by atoms with Crippen molar-refractivity contribution in [3.8, 4) is 11.9 Å². The smallest absolute Gasteiger partial charge is 0.296 e. The Morgan fingerprint density at radius 1 is 1.17 bits per heavy atom. The van der Waals surface area contributed by atoms with Crippen LogP contribution in [0.15, 0.2) is 24.3 Å². The lowest BCUT2D eigenvalue weighted by atomic mass is 10.0. The quantitative estimate of drug-likeness (QED) is 0.640. The average Bonchev–Trinajstić information content (AvgIpc) is 3.39. The molecule has 158 valence electrons. The van der Waals surface area contributed by atoms with Gasteiger partial charge in [-0.05, 0) is 36.6 Å². The van der Waals surface area contributed by atoms with E-state index in [9.17, 15) is 5.11 Å². The minimum Gasteiger partial charge on any atom is -0.472 e. The van der Waals surface area contributed by atoms with Crippen LogP contribution in [-0.2, 0) is 16.1 Å². The van der Waals surface area contributed by atoms with Crippen molar-refractivity contribution in [2.75, 3.05) is 13.2 Å². The third-order valence-electron chi connectivity index (χ3n) is 5.62. The van der Waals surface area contributed by atoms with Gasteiger partial charge in [0.15, 0.2) is 11.8 Å². The molecule has 9 heteroatoms. The second kappa shape index (κ2) is 7.70. The summed E-state index contributed by atoms with van der Waals surface area (Å²) in [5.74, 6) is 0.316. The normalized spacial score (nSPS) is 25.6. The van der Waals surface area contributed by atoms with E-state index in [2.05, 4.69) is 15.0 Å². The molecule has 0 radical (unpaired) electrons. The predicted molar refractivity (Wildman–Crippen MR) is 109 cm³/mol. The van der Waals surface area contributed by atoms with E-state index in [4.69, 9.17) is 30.5 Å². The summed E-state index contributed by atoms with van der Waals surface area (Å²) in [6, 6.07) is 8.12. The maximum atomic E-state index is 9.86. The maximum Gasteiger partial charge on any atom is 0.296 e. The fourth-order valence-electron chi connectivity index (χ4n) is 3.94. The number of rotatable bonds is 5. The van der Waals surface area contributed by atoms with Crippen LogP contribution >= 0.6 is 11.6 Å². The van der Waals surface area contributed by atoms with E-state index in [1.807, 2.05) is 32.0 Å². The van der Waals surface area contributed by atoms with E-state index >= 15 is 0 Å². The summed E-state index contributed by atoms with van der Waals surface area (Å²) >= 11 is 6.37. The molecule has 0 saturated carbocycles. The summed E-state index contributed by atoms with van der Waals surface area (Å²) in [6.45, 7) is 5.03. The van der Waals surface area contributed by atoms with Gasteiger partial charge in [0, 0.05) is 0 Å². The van der Waals surface area contributed by atoms with Crippen LogP contribution in [0.2, 0.25) is 5.02 Å². The van der Waals surface area contributed by atoms with E-state index in [-0.39, 0.29) is 24.9 Å². The molecule has 2 saturated heterocycles. The highest BCUT2D eigenvalue weighted by molar-refractivity contribution is 6.32. The zero-order chi connectivity index (χ0) is 20.8. The number of pyridine rings is 1. The number of hydrogen-bond acceptors (Lipinski definition) is 7. The van der Waals surface area contributed by atoms with Gasteiger partial charge in [0.1, 0.15) is 29.9 Å². The Hall–Kier alpha value is -2.39. The first-order chi connectivity index (χ1) is 14.5. The van der Waals surface area contributed by atoms with Crippen LogP contribution in [0.25, 0.3) is 11.2 Å². The third kappa shape index (κ3) is 3.50. The SMILES string of the molecule is Cc1cccc(C)c1COc1nc2nc(O[C@@H]3COC4[C@H](O)CO[C@@H]43)[nH]c2cc1Cl. The molecule has 0 aliphatic carbocycles. The molecule has 2 aliphatic rings. The van der Waals surface area contributed by atoms with Crippen LogP contribution < -0.4 is 9.47 Å². The molecule has 3 aromatic rings. The minimum atomic E-state index is -0.628. The Morgan fingerprint density at radius 3 is 2.73 bits per heavy atom. The number of hydrogen-bond donors (Lipinski definition) is 2. The predicted octanol–water partition coefficient (Wildman–Crippen LogP) is 2.71. The summed E-state index contributed by atoms with van der Waals surface area (Å²) in [5.41, 5.74) is 4.49. The highest BCUT2D eigenvalue weighted by Gasteiger charge is 2.48. The Bertz CT molecular complexity index is 1070. The van der Waals surface area contributed by atoms with Crippen LogP contribution in [0, 0.1) is 13.8 Å². The van der Waals surface area contributed by atoms with Crippen LogP contribution in [0.1, 0.15) is 16.7 Å². The molecule has 0 spiro atoms. The second-order valence-corrected chi connectivity index (χ2v) is 8.07. The molecule has 2 N–H and O–H groups in total. The van der Waals surface area contributed by atoms with Gasteiger partial charge >= 0.3 is 0 Å². The van der Waals surface area contributed by atoms with Gasteiger partial charge in [-0.25, -0.2) is 0 Å². The molecule has 1 aromatic carbocycles. The summed E-state index contributed by atoms with van der Waals surface area (Å²) in [4.78, 5) is 11.9. The first kappa shape index (κ1) is 19.6. The molecular weight excluding hydrogens is 410 g/mol. The molecule has 2 fully saturated rings. The highest BCUT2D eigenvalue weighted by Crippen LogP contribution is 2.31. The van der Waals surface area contributed by atoms with Crippen LogP contribution in [0.5, 0.6) is 11.9 Å². The van der Waals surface area contributed by atoms with Gasteiger partial charge < -0.3 is 29.0 Å². The number of halogens is 1. The van der Waals surface area contributed by atoms with Crippen molar-refractivity contribution in [2.45, 2.75) is 44.9 Å². The van der Waals surface area contributed by atoms with Gasteiger partial charge in [-0.3, -0.25) is 0 Å². The van der Waals surface area contributed by atoms with Gasteiger partial charge in [-0.1, -0.05) is 29.8 Å². The van der Waals surface area contributed by atoms with Gasteiger partial charge in [0.25, 0.3) is 6.01 Å². The zero-order valence-corrected chi connectivity index (χ0v) is 17.3. The summed E-state index contributed by atoms with van der Waals surface area (Å²) in [7, 11) is 0. The fraction of sp³-hybridized carbons (Fsp3) is 0.429. The summed E-state index contributed by atoms with van der Waals surface area (Å²) < 4.78 is 23.0. The van der Waals surface area contributed by atoms with Gasteiger partial charge in [-0.15, -0.1) is 0 Å². The molecule has 5 rings (SSSR count). The number of aryl methyl sites for hydroxylation is 2. The number of H-pyrrole nitrogens is 1. The number of aliphatic hydroxyl groups is 1. The Balaban J connectivity index is 1.33. The van der Waals surface area contributed by atoms with Crippen molar-refractivity contribution in [2.24, 2.45) is 0 Å². The molecule has 30 heavy (non-hydrogen) atoms. The van der Waals surface area contributed by atoms with Gasteiger partial charge in [0.05, 0.1) is 18.7 Å². The van der Waals surface area contributed by atoms with E-state index in [0.717, 1.165) is 16.7 Å². The molecule has 0 amide bonds. The second-order valence-electron chi connectivity index (χ2n) is 7.67. The maximum absolute atomic E-state index is 9.86. The number of nitrogens with zero attached hydrogens (tertiary/aromatic N) is 2. The number of ether oxygens (including phenoxy) is 4. The number of aliphatic hydroxyl groups excluding tert-OH is 1. The lowest BCUT2D eigenvalue weighted by Gasteiger charge is -2.15. The number of aromatic amines is 1. The lowest BCUT2D eigenvalue weighted by molar-refractivity contribution is 0.00706. The van der Waals surface area contributed by atoms with Crippen molar-refractivity contribution in [1.82, 2.24) is 15.0 Å². The number of benzene rings is 1. The lowest BCUT2D eigenvalue weighted by Crippen LogP contribution is -2.34. The van der Waals surface area contributed by atoms with Crippen molar-refractivity contribution in [1.29, 1.82) is 0 Å². The molecule has 2 aliphatic heterocycles. The average molecular weight is 432 g/mol. The molecule has 4 heterocycles. The van der Waals surface area contributed by atoms with Gasteiger partial charge in [0.2, 0.25) is 5.88 Å².